The van der Waals surface area contributed by atoms with Gasteiger partial charge in [0.2, 0.25) is 0 Å². The zero-order valence-electron chi connectivity index (χ0n) is 14.1. The molecular weight excluding hydrogens is 338 g/mol. The summed E-state index contributed by atoms with van der Waals surface area (Å²) in [5.74, 6) is -1.85. The Balaban J connectivity index is 0.000000260. The molecule has 0 aliphatic carbocycles. The Morgan fingerprint density at radius 3 is 1.46 bits per heavy atom. The summed E-state index contributed by atoms with van der Waals surface area (Å²) in [5, 5.41) is 26.0. The molecule has 0 saturated carbocycles. The Bertz CT molecular complexity index is 653. The molecule has 8 heteroatoms. The molecule has 0 spiro atoms. The number of nitrogens with two attached hydrogens (primary N) is 3. The highest BCUT2D eigenvalue weighted by Crippen LogP contribution is 2.10. The van der Waals surface area contributed by atoms with Crippen molar-refractivity contribution in [2.75, 3.05) is 5.73 Å². The zero-order chi connectivity index (χ0) is 19.7. The highest BCUT2D eigenvalue weighted by Gasteiger charge is 2.12. The average molecular weight is 361 g/mol. The molecular formula is C18H23N3O5. The van der Waals surface area contributed by atoms with Crippen LogP contribution in [0.1, 0.15) is 11.1 Å². The van der Waals surface area contributed by atoms with E-state index < -0.39 is 24.0 Å². The van der Waals surface area contributed by atoms with Crippen molar-refractivity contribution < 1.29 is 24.9 Å². The summed E-state index contributed by atoms with van der Waals surface area (Å²) in [6.07, 6.45) is 0.602. The van der Waals surface area contributed by atoms with E-state index in [1.165, 1.54) is 12.1 Å². The number of anilines is 1. The molecule has 0 bridgehead atoms. The van der Waals surface area contributed by atoms with E-state index in [4.69, 9.17) is 32.5 Å². The van der Waals surface area contributed by atoms with Gasteiger partial charge in [0.05, 0.1) is 0 Å². The van der Waals surface area contributed by atoms with Gasteiger partial charge >= 0.3 is 11.9 Å². The van der Waals surface area contributed by atoms with Crippen LogP contribution in [0.15, 0.2) is 48.5 Å². The van der Waals surface area contributed by atoms with E-state index in [0.29, 0.717) is 12.1 Å². The lowest BCUT2D eigenvalue weighted by Crippen LogP contribution is -2.32. The number of carboxylic acid groups (broad SMARTS) is 2. The van der Waals surface area contributed by atoms with Gasteiger partial charge in [0.25, 0.3) is 0 Å². The van der Waals surface area contributed by atoms with Gasteiger partial charge in [-0.1, -0.05) is 24.3 Å². The number of benzene rings is 2. The normalized spacial score (nSPS) is 12.4. The smallest absolute Gasteiger partial charge is 0.320 e. The molecule has 2 aromatic carbocycles. The van der Waals surface area contributed by atoms with Gasteiger partial charge in [0, 0.05) is 5.69 Å². The quantitative estimate of drug-likeness (QED) is 0.405. The largest absolute Gasteiger partial charge is 0.508 e. The standard InChI is InChI=1S/C9H12N2O2.C9H11NO3/c10-7-3-1-6(2-4-7)5-8(11)9(12)13;10-8(9(12)13)5-6-1-3-7(11)4-2-6/h1-4,8H,5,10-11H2,(H,12,13);1-4,8,11H,5,10H2,(H,12,13)/t2*8-/m00/s1. The third kappa shape index (κ3) is 7.65. The van der Waals surface area contributed by atoms with Crippen molar-refractivity contribution >= 4 is 17.6 Å². The molecule has 0 heterocycles. The summed E-state index contributed by atoms with van der Waals surface area (Å²) < 4.78 is 0. The van der Waals surface area contributed by atoms with Crippen molar-refractivity contribution in [1.29, 1.82) is 0 Å². The second kappa shape index (κ2) is 10.0. The van der Waals surface area contributed by atoms with E-state index in [1.54, 1.807) is 36.4 Å². The number of aromatic hydroxyl groups is 1. The van der Waals surface area contributed by atoms with Gasteiger partial charge in [-0.05, 0) is 48.2 Å². The van der Waals surface area contributed by atoms with Crippen molar-refractivity contribution in [2.45, 2.75) is 24.9 Å². The summed E-state index contributed by atoms with van der Waals surface area (Å²) in [6.45, 7) is 0. The van der Waals surface area contributed by atoms with E-state index in [-0.39, 0.29) is 12.2 Å². The van der Waals surface area contributed by atoms with Gasteiger partial charge in [-0.25, -0.2) is 0 Å². The molecule has 2 atom stereocenters. The summed E-state index contributed by atoms with van der Waals surface area (Å²) in [4.78, 5) is 20.8. The first kappa shape index (κ1) is 20.9. The maximum atomic E-state index is 10.4. The van der Waals surface area contributed by atoms with Crippen LogP contribution in [-0.4, -0.2) is 39.3 Å². The van der Waals surface area contributed by atoms with Crippen LogP contribution in [0, 0.1) is 0 Å². The van der Waals surface area contributed by atoms with Crippen LogP contribution in [-0.2, 0) is 22.4 Å². The van der Waals surface area contributed by atoms with Crippen molar-refractivity contribution in [3.8, 4) is 5.75 Å². The summed E-state index contributed by atoms with van der Waals surface area (Å²) in [7, 11) is 0. The number of hydrogen-bond donors (Lipinski definition) is 6. The zero-order valence-corrected chi connectivity index (χ0v) is 14.1. The van der Waals surface area contributed by atoms with E-state index in [1.807, 2.05) is 0 Å². The third-order valence-electron chi connectivity index (χ3n) is 3.46. The first-order valence-corrected chi connectivity index (χ1v) is 7.78. The average Bonchev–Trinajstić information content (AvgIpc) is 2.59. The van der Waals surface area contributed by atoms with Gasteiger partial charge in [0.15, 0.2) is 0 Å². The Labute approximate surface area is 150 Å². The first-order valence-electron chi connectivity index (χ1n) is 7.78. The molecule has 2 aromatic rings. The molecule has 0 unspecified atom stereocenters. The predicted molar refractivity (Wildman–Crippen MR) is 97.6 cm³/mol. The maximum absolute atomic E-state index is 10.4. The molecule has 0 fully saturated rings. The van der Waals surface area contributed by atoms with Gasteiger partial charge in [-0.3, -0.25) is 9.59 Å². The number of phenols is 1. The molecule has 0 aliphatic heterocycles. The van der Waals surface area contributed by atoms with Gasteiger partial charge in [-0.2, -0.15) is 0 Å². The molecule has 0 aromatic heterocycles. The third-order valence-corrected chi connectivity index (χ3v) is 3.46. The highest BCUT2D eigenvalue weighted by molar-refractivity contribution is 5.73. The second-order valence-corrected chi connectivity index (χ2v) is 5.71. The fraction of sp³-hybridized carbons (Fsp3) is 0.222. The van der Waals surface area contributed by atoms with Crippen LogP contribution in [0.5, 0.6) is 5.75 Å². The van der Waals surface area contributed by atoms with Crippen LogP contribution >= 0.6 is 0 Å². The number of aliphatic carboxylic acids is 2. The van der Waals surface area contributed by atoms with Crippen LogP contribution in [0.25, 0.3) is 0 Å². The van der Waals surface area contributed by atoms with E-state index in [9.17, 15) is 9.59 Å². The number of carboxylic acids is 2. The number of carbonyl (C=O) groups is 2. The summed E-state index contributed by atoms with van der Waals surface area (Å²) in [5.41, 5.74) is 18.5. The monoisotopic (exact) mass is 361 g/mol. The Kier molecular flexibility index (Phi) is 8.07. The van der Waals surface area contributed by atoms with E-state index in [0.717, 1.165) is 11.1 Å². The fourth-order valence-corrected chi connectivity index (χ4v) is 1.97. The summed E-state index contributed by atoms with van der Waals surface area (Å²) >= 11 is 0. The predicted octanol–water partition coefficient (Wildman–Crippen LogP) is 0.570. The van der Waals surface area contributed by atoms with Gasteiger partial charge in [0.1, 0.15) is 17.8 Å². The van der Waals surface area contributed by atoms with Gasteiger partial charge < -0.3 is 32.5 Å². The summed E-state index contributed by atoms with van der Waals surface area (Å²) in [6, 6.07) is 11.6. The van der Waals surface area contributed by atoms with Crippen molar-refractivity contribution in [1.82, 2.24) is 0 Å². The van der Waals surface area contributed by atoms with Crippen molar-refractivity contribution in [2.24, 2.45) is 11.5 Å². The molecule has 8 nitrogen and oxygen atoms in total. The molecule has 140 valence electrons. The molecule has 9 N–H and O–H groups in total. The lowest BCUT2D eigenvalue weighted by atomic mass is 10.1. The van der Waals surface area contributed by atoms with E-state index >= 15 is 0 Å². The molecule has 0 saturated heterocycles. The molecule has 26 heavy (non-hydrogen) atoms. The van der Waals surface area contributed by atoms with Gasteiger partial charge in [-0.15, -0.1) is 0 Å². The lowest BCUT2D eigenvalue weighted by molar-refractivity contribution is -0.139. The number of nitrogen functional groups attached to an aromatic ring is 1. The number of phenolic OH excluding ortho intramolecular Hbond substituents is 1. The van der Waals surface area contributed by atoms with E-state index in [2.05, 4.69) is 0 Å². The second-order valence-electron chi connectivity index (χ2n) is 5.71. The molecule has 0 radical (unpaired) electrons. The van der Waals surface area contributed by atoms with Crippen LogP contribution in [0.2, 0.25) is 0 Å². The number of rotatable bonds is 6. The number of hydrogen-bond acceptors (Lipinski definition) is 6. The molecule has 2 rings (SSSR count). The Morgan fingerprint density at radius 1 is 0.769 bits per heavy atom. The van der Waals surface area contributed by atoms with Crippen molar-refractivity contribution in [3.63, 3.8) is 0 Å². The van der Waals surface area contributed by atoms with Crippen molar-refractivity contribution in [3.05, 3.63) is 59.7 Å². The molecule has 0 amide bonds. The fourth-order valence-electron chi connectivity index (χ4n) is 1.97. The minimum atomic E-state index is -1.02. The maximum Gasteiger partial charge on any atom is 0.320 e. The first-order chi connectivity index (χ1) is 12.2. The SMILES string of the molecule is N[C@@H](Cc1ccc(O)cc1)C(=O)O.Nc1ccc(C[C@H](N)C(=O)O)cc1. The van der Waals surface area contributed by atoms with Crippen LogP contribution in [0.3, 0.4) is 0 Å². The Morgan fingerprint density at radius 2 is 1.12 bits per heavy atom. The Hall–Kier alpha value is -3.10. The lowest BCUT2D eigenvalue weighted by Gasteiger charge is -2.05. The molecule has 0 aliphatic rings. The minimum Gasteiger partial charge on any atom is -0.508 e. The highest BCUT2D eigenvalue weighted by atomic mass is 16.4. The van der Waals surface area contributed by atoms with Crippen LogP contribution < -0.4 is 17.2 Å². The van der Waals surface area contributed by atoms with Crippen LogP contribution in [0.4, 0.5) is 5.69 Å². The topological polar surface area (TPSA) is 173 Å². The minimum absolute atomic E-state index is 0.160.